The van der Waals surface area contributed by atoms with E-state index in [1.54, 1.807) is 0 Å². The van der Waals surface area contributed by atoms with Crippen molar-refractivity contribution >= 4 is 10.2 Å². The van der Waals surface area contributed by atoms with E-state index in [0.29, 0.717) is 12.5 Å². The van der Waals surface area contributed by atoms with E-state index in [4.69, 9.17) is 9.47 Å². The zero-order chi connectivity index (χ0) is 20.0. The lowest BCUT2D eigenvalue weighted by Gasteiger charge is -2.31. The first-order chi connectivity index (χ1) is 13.5. The average molecular weight is 391 g/mol. The Balaban J connectivity index is 1.80. The lowest BCUT2D eigenvalue weighted by molar-refractivity contribution is 0.340. The van der Waals surface area contributed by atoms with E-state index in [2.05, 4.69) is 56.3 Å². The van der Waals surface area contributed by atoms with E-state index in [-0.39, 0.29) is 5.04 Å². The fourth-order valence-corrected chi connectivity index (χ4v) is 4.02. The van der Waals surface area contributed by atoms with Gasteiger partial charge < -0.3 is 9.47 Å². The zero-order valence-corrected chi connectivity index (χ0v) is 19.3. The molecule has 3 rings (SSSR count). The lowest BCUT2D eigenvalue weighted by Crippen LogP contribution is -2.18. The molecule has 0 N–H and O–H groups in total. The quantitative estimate of drug-likeness (QED) is 0.455. The molecule has 0 aromatic heterocycles. The molecule has 0 bridgehead atoms. The maximum atomic E-state index is 6.03. The number of rotatable bonds is 8. The second kappa shape index (κ2) is 9.11. The van der Waals surface area contributed by atoms with Gasteiger partial charge in [0.2, 0.25) is 0 Å². The number of hydrogen-bond acceptors (Lipinski definition) is 2. The molecular formula is C25H30O2Si. The summed E-state index contributed by atoms with van der Waals surface area (Å²) in [6.07, 6.45) is 0.996. The normalized spacial score (nSPS) is 12.5. The predicted octanol–water partition coefficient (Wildman–Crippen LogP) is 5.77. The fourth-order valence-electron chi connectivity index (χ4n) is 3.48. The van der Waals surface area contributed by atoms with E-state index in [0.717, 1.165) is 33.9 Å². The first kappa shape index (κ1) is 20.2. The van der Waals surface area contributed by atoms with Crippen LogP contribution in [0, 0.1) is 0 Å². The van der Waals surface area contributed by atoms with Gasteiger partial charge in [-0.25, -0.2) is 0 Å². The van der Waals surface area contributed by atoms with Crippen LogP contribution in [0.1, 0.15) is 37.8 Å². The number of ether oxygens (including phenoxy) is 2. The van der Waals surface area contributed by atoms with E-state index in [9.17, 15) is 0 Å². The Labute approximate surface area is 171 Å². The smallest absolute Gasteiger partial charge is 0.127 e. The van der Waals surface area contributed by atoms with Crippen LogP contribution in [0.3, 0.4) is 0 Å². The number of hydrogen-bond donors (Lipinski definition) is 0. The second-order valence-corrected chi connectivity index (χ2v) is 10.8. The van der Waals surface area contributed by atoms with Gasteiger partial charge in [0.15, 0.2) is 0 Å². The Morgan fingerprint density at radius 3 is 2.14 bits per heavy atom. The average Bonchev–Trinajstić information content (AvgIpc) is 2.67. The Morgan fingerprint density at radius 1 is 0.821 bits per heavy atom. The van der Waals surface area contributed by atoms with Crippen molar-refractivity contribution in [2.45, 2.75) is 38.1 Å². The summed E-state index contributed by atoms with van der Waals surface area (Å²) in [7, 11) is 1.12. The molecule has 0 aliphatic carbocycles. The van der Waals surface area contributed by atoms with Crippen LogP contribution >= 0.6 is 0 Å². The van der Waals surface area contributed by atoms with Gasteiger partial charge in [-0.15, -0.1) is 0 Å². The lowest BCUT2D eigenvalue weighted by atomic mass is 9.82. The van der Waals surface area contributed by atoms with Gasteiger partial charge in [-0.2, -0.15) is 0 Å². The molecule has 28 heavy (non-hydrogen) atoms. The molecule has 3 aromatic rings. The molecule has 1 atom stereocenters. The molecule has 0 fully saturated rings. The minimum atomic E-state index is 0.281. The van der Waals surface area contributed by atoms with Crippen LogP contribution in [0.15, 0.2) is 78.9 Å². The van der Waals surface area contributed by atoms with Gasteiger partial charge in [-0.1, -0.05) is 56.3 Å². The van der Waals surface area contributed by atoms with E-state index in [1.165, 1.54) is 11.1 Å². The Hall–Kier alpha value is -2.52. The summed E-state index contributed by atoms with van der Waals surface area (Å²) >= 11 is 0. The van der Waals surface area contributed by atoms with E-state index < -0.39 is 0 Å². The first-order valence-corrected chi connectivity index (χ1v) is 11.0. The van der Waals surface area contributed by atoms with Crippen molar-refractivity contribution in [2.75, 3.05) is 6.61 Å². The molecule has 0 saturated carbocycles. The molecule has 0 radical (unpaired) electrons. The highest BCUT2D eigenvalue weighted by atomic mass is 28.1. The van der Waals surface area contributed by atoms with Crippen LogP contribution in [0.4, 0.5) is 0 Å². The summed E-state index contributed by atoms with van der Waals surface area (Å²) in [4.78, 5) is 0. The molecule has 0 spiro atoms. The Bertz CT molecular complexity index is 867. The molecule has 146 valence electrons. The molecule has 0 aliphatic heterocycles. The molecule has 3 aromatic carbocycles. The van der Waals surface area contributed by atoms with Crippen molar-refractivity contribution in [1.29, 1.82) is 0 Å². The maximum absolute atomic E-state index is 6.03. The highest BCUT2D eigenvalue weighted by Crippen LogP contribution is 2.42. The van der Waals surface area contributed by atoms with Crippen LogP contribution in [0.2, 0.25) is 5.04 Å². The highest BCUT2D eigenvalue weighted by Gasteiger charge is 2.26. The van der Waals surface area contributed by atoms with Gasteiger partial charge >= 0.3 is 0 Å². The summed E-state index contributed by atoms with van der Waals surface area (Å²) in [6, 6.07) is 27.0. The molecule has 0 amide bonds. The van der Waals surface area contributed by atoms with Gasteiger partial charge in [0.25, 0.3) is 0 Å². The summed E-state index contributed by atoms with van der Waals surface area (Å²) in [6.45, 7) is 7.44. The largest absolute Gasteiger partial charge is 0.494 e. The van der Waals surface area contributed by atoms with Gasteiger partial charge in [-0.3, -0.25) is 0 Å². The third-order valence-corrected chi connectivity index (χ3v) is 5.65. The van der Waals surface area contributed by atoms with Crippen LogP contribution in [0.5, 0.6) is 17.2 Å². The van der Waals surface area contributed by atoms with Crippen molar-refractivity contribution in [1.82, 2.24) is 0 Å². The van der Waals surface area contributed by atoms with Crippen molar-refractivity contribution in [3.8, 4) is 17.2 Å². The molecule has 1 unspecified atom stereocenters. The van der Waals surface area contributed by atoms with Crippen LogP contribution in [-0.4, -0.2) is 16.8 Å². The van der Waals surface area contributed by atoms with E-state index >= 15 is 0 Å². The Morgan fingerprint density at radius 2 is 1.50 bits per heavy atom. The monoisotopic (exact) mass is 390 g/mol. The highest BCUT2D eigenvalue weighted by molar-refractivity contribution is 6.15. The summed E-state index contributed by atoms with van der Waals surface area (Å²) in [5.41, 5.74) is 2.68. The molecule has 0 saturated heterocycles. The second-order valence-electron chi connectivity index (χ2n) is 8.19. The molecule has 0 heterocycles. The van der Waals surface area contributed by atoms with Gasteiger partial charge in [0.1, 0.15) is 17.2 Å². The van der Waals surface area contributed by atoms with Crippen molar-refractivity contribution in [2.24, 2.45) is 0 Å². The van der Waals surface area contributed by atoms with Crippen LogP contribution in [0.25, 0.3) is 0 Å². The molecule has 2 nitrogen and oxygen atoms in total. The SMILES string of the molecule is CCOc1ccc(C(Cc2cccc(Oc3ccccc3)c2)C(C)(C)[SiH3])cc1. The van der Waals surface area contributed by atoms with Crippen molar-refractivity contribution in [3.05, 3.63) is 90.0 Å². The minimum absolute atomic E-state index is 0.281. The molecular weight excluding hydrogens is 360 g/mol. The molecule has 3 heteroatoms. The topological polar surface area (TPSA) is 18.5 Å². The van der Waals surface area contributed by atoms with Gasteiger partial charge in [0, 0.05) is 10.2 Å². The van der Waals surface area contributed by atoms with E-state index in [1.807, 2.05) is 43.3 Å². The minimum Gasteiger partial charge on any atom is -0.494 e. The van der Waals surface area contributed by atoms with Crippen LogP contribution in [-0.2, 0) is 6.42 Å². The fraction of sp³-hybridized carbons (Fsp3) is 0.280. The molecule has 0 aliphatic rings. The summed E-state index contributed by atoms with van der Waals surface area (Å²) in [5, 5.41) is 0.281. The standard InChI is InChI=1S/C25H30O2Si/c1-4-26-21-15-13-20(14-16-21)24(25(2,3)28)18-19-9-8-12-23(17-19)27-22-10-6-5-7-11-22/h5-17,24H,4,18H2,1-3,28H3. The third kappa shape index (κ3) is 5.49. The first-order valence-electron chi connectivity index (χ1n) is 10.0. The number of para-hydroxylation sites is 1. The Kier molecular flexibility index (Phi) is 6.58. The third-order valence-electron chi connectivity index (χ3n) is 4.96. The summed E-state index contributed by atoms with van der Waals surface area (Å²) < 4.78 is 11.6. The van der Waals surface area contributed by atoms with Gasteiger partial charge in [0.05, 0.1) is 6.61 Å². The van der Waals surface area contributed by atoms with Crippen molar-refractivity contribution < 1.29 is 9.47 Å². The number of benzene rings is 3. The zero-order valence-electron chi connectivity index (χ0n) is 17.3. The van der Waals surface area contributed by atoms with Crippen LogP contribution < -0.4 is 9.47 Å². The summed E-state index contributed by atoms with van der Waals surface area (Å²) in [5.74, 6) is 3.16. The maximum Gasteiger partial charge on any atom is 0.127 e. The van der Waals surface area contributed by atoms with Crippen molar-refractivity contribution in [3.63, 3.8) is 0 Å². The predicted molar refractivity (Wildman–Crippen MR) is 121 cm³/mol. The van der Waals surface area contributed by atoms with Gasteiger partial charge in [-0.05, 0) is 71.8 Å².